The van der Waals surface area contributed by atoms with Gasteiger partial charge in [0.05, 0.1) is 52.6 Å². The minimum Gasteiger partial charge on any atom is -0.443 e. The van der Waals surface area contributed by atoms with Gasteiger partial charge in [0.25, 0.3) is 0 Å². The predicted octanol–water partition coefficient (Wildman–Crippen LogP) is 8.00. The highest BCUT2D eigenvalue weighted by atomic mass is 32.2. The van der Waals surface area contributed by atoms with E-state index in [2.05, 4.69) is 16.4 Å². The van der Waals surface area contributed by atoms with Crippen LogP contribution >= 0.6 is 0 Å². The molecule has 13 heteroatoms. The third kappa shape index (κ3) is 8.73. The van der Waals surface area contributed by atoms with Crippen molar-refractivity contribution in [2.75, 3.05) is 21.7 Å². The summed E-state index contributed by atoms with van der Waals surface area (Å²) in [6.45, 7) is 7.67. The average Bonchev–Trinajstić information content (AvgIpc) is 3.38. The van der Waals surface area contributed by atoms with E-state index in [1.807, 2.05) is 0 Å². The van der Waals surface area contributed by atoms with Crippen molar-refractivity contribution in [3.63, 3.8) is 0 Å². The first kappa shape index (κ1) is 35.7. The largest absolute Gasteiger partial charge is 0.443 e. The van der Waals surface area contributed by atoms with Crippen molar-refractivity contribution in [1.82, 2.24) is 9.55 Å². The number of fused-ring (bicyclic) bond motifs is 1. The Kier molecular flexibility index (Phi) is 9.76. The summed E-state index contributed by atoms with van der Waals surface area (Å²) >= 11 is 0. The molecule has 260 valence electrons. The van der Waals surface area contributed by atoms with Gasteiger partial charge in [0.1, 0.15) is 22.0 Å². The number of ether oxygens (including phenoxy) is 1. The van der Waals surface area contributed by atoms with E-state index in [-0.39, 0.29) is 24.1 Å². The summed E-state index contributed by atoms with van der Waals surface area (Å²) in [7, 11) is -3.07. The monoisotopic (exact) mass is 695 g/mol. The van der Waals surface area contributed by atoms with E-state index in [1.165, 1.54) is 15.7 Å². The molecule has 1 aliphatic heterocycles. The van der Waals surface area contributed by atoms with Crippen LogP contribution in [-0.4, -0.2) is 53.4 Å². The summed E-state index contributed by atoms with van der Waals surface area (Å²) < 4.78 is 72.4. The molecule has 0 radical (unpaired) electrons. The number of nitriles is 1. The zero-order valence-corrected chi connectivity index (χ0v) is 29.0. The number of sulfone groups is 1. The zero-order valence-electron chi connectivity index (χ0n) is 28.1. The van der Waals surface area contributed by atoms with Crippen molar-refractivity contribution in [2.24, 2.45) is 0 Å². The number of nitrogens with one attached hydrogen (secondary N) is 1. The SMILES string of the molecule is CC(C)(C)OC(=O)N(Cc1ccc(-c2cc3c(NC4CCS(=O)(=O)CC4)cccc3n2CC(F)(F)F)cc1)c1ccc(C(C)(C)C#N)nc1. The average molecular weight is 696 g/mol. The summed E-state index contributed by atoms with van der Waals surface area (Å²) in [5.41, 5.74) is 2.06. The van der Waals surface area contributed by atoms with Gasteiger partial charge in [0.15, 0.2) is 0 Å². The van der Waals surface area contributed by atoms with E-state index < -0.39 is 39.7 Å². The molecule has 9 nitrogen and oxygen atoms in total. The number of nitrogens with zero attached hydrogens (tertiary/aromatic N) is 4. The Balaban J connectivity index is 1.47. The molecule has 49 heavy (non-hydrogen) atoms. The molecule has 1 saturated heterocycles. The van der Waals surface area contributed by atoms with E-state index in [9.17, 15) is 31.6 Å². The van der Waals surface area contributed by atoms with Crippen LogP contribution in [0.2, 0.25) is 0 Å². The second-order valence-corrected chi connectivity index (χ2v) is 16.2. The van der Waals surface area contributed by atoms with Gasteiger partial charge in [-0.05, 0) is 88.9 Å². The Hall–Kier alpha value is -4.57. The number of pyridine rings is 1. The number of rotatable bonds is 8. The van der Waals surface area contributed by atoms with Gasteiger partial charge in [0, 0.05) is 22.8 Å². The molecule has 0 unspecified atom stereocenters. The van der Waals surface area contributed by atoms with Gasteiger partial charge in [-0.15, -0.1) is 0 Å². The molecule has 0 atom stereocenters. The Morgan fingerprint density at radius 2 is 1.71 bits per heavy atom. The normalized spacial score (nSPS) is 15.5. The van der Waals surface area contributed by atoms with E-state index in [0.717, 1.165) is 0 Å². The van der Waals surface area contributed by atoms with Crippen LogP contribution in [0.3, 0.4) is 0 Å². The number of hydrogen-bond acceptors (Lipinski definition) is 7. The minimum absolute atomic E-state index is 0.0693. The van der Waals surface area contributed by atoms with Crippen molar-refractivity contribution in [2.45, 2.75) is 83.8 Å². The molecular weight excluding hydrogens is 655 g/mol. The number of alkyl halides is 3. The molecule has 0 aliphatic carbocycles. The van der Waals surface area contributed by atoms with Crippen LogP contribution in [0.4, 0.5) is 29.3 Å². The number of halogens is 3. The van der Waals surface area contributed by atoms with Crippen molar-refractivity contribution >= 4 is 38.2 Å². The molecule has 0 saturated carbocycles. The molecule has 2 aromatic heterocycles. The first-order chi connectivity index (χ1) is 22.8. The van der Waals surface area contributed by atoms with E-state index >= 15 is 0 Å². The maximum atomic E-state index is 13.9. The van der Waals surface area contributed by atoms with Gasteiger partial charge in [-0.2, -0.15) is 18.4 Å². The lowest BCUT2D eigenvalue weighted by Crippen LogP contribution is -2.36. The third-order valence-corrected chi connectivity index (χ3v) is 10.1. The predicted molar refractivity (Wildman–Crippen MR) is 184 cm³/mol. The van der Waals surface area contributed by atoms with Gasteiger partial charge >= 0.3 is 12.3 Å². The van der Waals surface area contributed by atoms with Gasteiger partial charge < -0.3 is 14.6 Å². The highest BCUT2D eigenvalue weighted by molar-refractivity contribution is 7.91. The highest BCUT2D eigenvalue weighted by Gasteiger charge is 2.31. The summed E-state index contributed by atoms with van der Waals surface area (Å²) in [4.78, 5) is 19.2. The molecule has 4 aromatic rings. The van der Waals surface area contributed by atoms with Gasteiger partial charge in [-0.3, -0.25) is 9.88 Å². The van der Waals surface area contributed by atoms with Crippen LogP contribution in [0.5, 0.6) is 0 Å². The van der Waals surface area contributed by atoms with Crippen LogP contribution in [0, 0.1) is 11.3 Å². The highest BCUT2D eigenvalue weighted by Crippen LogP contribution is 2.36. The molecule has 1 N–H and O–H groups in total. The van der Waals surface area contributed by atoms with Crippen LogP contribution in [0.15, 0.2) is 66.9 Å². The molecule has 5 rings (SSSR count). The maximum absolute atomic E-state index is 13.9. The molecule has 1 aliphatic rings. The van der Waals surface area contributed by atoms with Gasteiger partial charge in [-0.1, -0.05) is 30.3 Å². The first-order valence-corrected chi connectivity index (χ1v) is 17.8. The summed E-state index contributed by atoms with van der Waals surface area (Å²) in [6.07, 6.45) is -2.72. The lowest BCUT2D eigenvalue weighted by atomic mass is 9.91. The second kappa shape index (κ2) is 13.4. The van der Waals surface area contributed by atoms with Crippen molar-refractivity contribution in [3.8, 4) is 17.3 Å². The molecule has 0 spiro atoms. The maximum Gasteiger partial charge on any atom is 0.415 e. The summed E-state index contributed by atoms with van der Waals surface area (Å²) in [6, 6.07) is 19.3. The molecule has 1 amide bonds. The number of hydrogen-bond donors (Lipinski definition) is 1. The number of amides is 1. The van der Waals surface area contributed by atoms with Crippen LogP contribution < -0.4 is 10.2 Å². The Bertz CT molecular complexity index is 1960. The molecule has 3 heterocycles. The number of aromatic nitrogens is 2. The fraction of sp³-hybridized carbons (Fsp3) is 0.417. The number of benzene rings is 2. The molecule has 2 aromatic carbocycles. The third-order valence-electron chi connectivity index (χ3n) is 8.38. The van der Waals surface area contributed by atoms with Crippen molar-refractivity contribution < 1.29 is 31.1 Å². The van der Waals surface area contributed by atoms with Crippen molar-refractivity contribution in [1.29, 1.82) is 5.26 Å². The van der Waals surface area contributed by atoms with Crippen LogP contribution in [0.25, 0.3) is 22.2 Å². The zero-order chi connectivity index (χ0) is 35.8. The lowest BCUT2D eigenvalue weighted by Gasteiger charge is -2.28. The number of carbonyl (C=O) groups is 1. The Morgan fingerprint density at radius 3 is 2.29 bits per heavy atom. The van der Waals surface area contributed by atoms with Crippen LogP contribution in [0.1, 0.15) is 58.7 Å². The quantitative estimate of drug-likeness (QED) is 0.199. The standard InChI is InChI=1S/C36H40F3N5O4S/c1-34(2,3)48-33(45)43(27-13-14-32(41-20-27)35(4,5)22-40)21-24-9-11-25(12-10-24)31-19-28-29(42-26-15-17-49(46,47)18-16-26)7-6-8-30(28)44(31)23-36(37,38)39/h6-14,19-20,26,42H,15-18,21,23H2,1-5H3. The first-order valence-electron chi connectivity index (χ1n) is 16.0. The van der Waals surface area contributed by atoms with Gasteiger partial charge in [-0.25, -0.2) is 13.2 Å². The number of carbonyl (C=O) groups excluding carboxylic acids is 1. The van der Waals surface area contributed by atoms with E-state index in [0.29, 0.717) is 57.6 Å². The lowest BCUT2D eigenvalue weighted by molar-refractivity contribution is -0.139. The van der Waals surface area contributed by atoms with Crippen molar-refractivity contribution in [3.05, 3.63) is 78.1 Å². The Labute approximate surface area is 284 Å². The van der Waals surface area contributed by atoms with E-state index in [1.54, 1.807) is 95.3 Å². The molecular formula is C36H40F3N5O4S. The topological polar surface area (TPSA) is 117 Å². The smallest absolute Gasteiger partial charge is 0.415 e. The van der Waals surface area contributed by atoms with Gasteiger partial charge in [0.2, 0.25) is 0 Å². The second-order valence-electron chi connectivity index (χ2n) is 13.9. The summed E-state index contributed by atoms with van der Waals surface area (Å²) in [5, 5.41) is 13.5. The minimum atomic E-state index is -4.48. The fourth-order valence-electron chi connectivity index (χ4n) is 5.77. The Morgan fingerprint density at radius 1 is 1.04 bits per heavy atom. The molecule has 0 bridgehead atoms. The van der Waals surface area contributed by atoms with E-state index in [4.69, 9.17) is 4.74 Å². The fourth-order valence-corrected chi connectivity index (χ4v) is 7.26. The summed E-state index contributed by atoms with van der Waals surface area (Å²) in [5.74, 6) is 0.139. The number of anilines is 2. The van der Waals surface area contributed by atoms with Crippen LogP contribution in [-0.2, 0) is 33.1 Å². The molecule has 1 fully saturated rings.